The Bertz CT molecular complexity index is 725. The van der Waals surface area contributed by atoms with Gasteiger partial charge < -0.3 is 5.11 Å². The molecule has 3 aromatic heterocycles. The fourth-order valence-corrected chi connectivity index (χ4v) is 2.31. The maximum absolute atomic E-state index is 11.3. The Labute approximate surface area is 106 Å². The van der Waals surface area contributed by atoms with E-state index in [2.05, 4.69) is 15.0 Å². The number of fused-ring (bicyclic) bond motifs is 1. The van der Waals surface area contributed by atoms with E-state index in [0.29, 0.717) is 21.7 Å². The Morgan fingerprint density at radius 3 is 2.89 bits per heavy atom. The van der Waals surface area contributed by atoms with Crippen molar-refractivity contribution in [3.05, 3.63) is 41.5 Å². The zero-order valence-electron chi connectivity index (χ0n) is 9.07. The second kappa shape index (κ2) is 4.15. The number of carboxylic acids is 1. The minimum Gasteiger partial charge on any atom is -0.478 e. The Morgan fingerprint density at radius 1 is 1.28 bits per heavy atom. The summed E-state index contributed by atoms with van der Waals surface area (Å²) in [4.78, 5) is 23.8. The van der Waals surface area contributed by atoms with Gasteiger partial charge in [0, 0.05) is 23.2 Å². The number of aromatic nitrogens is 3. The largest absolute Gasteiger partial charge is 0.478 e. The summed E-state index contributed by atoms with van der Waals surface area (Å²) in [6.45, 7) is 0. The molecule has 0 fully saturated rings. The number of nitrogens with zero attached hydrogens (tertiary/aromatic N) is 3. The van der Waals surface area contributed by atoms with E-state index in [4.69, 9.17) is 0 Å². The van der Waals surface area contributed by atoms with Crippen LogP contribution in [0.15, 0.2) is 36.0 Å². The molecule has 0 spiro atoms. The van der Waals surface area contributed by atoms with Gasteiger partial charge in [0.2, 0.25) is 0 Å². The smallest absolute Gasteiger partial charge is 0.338 e. The number of rotatable bonds is 2. The van der Waals surface area contributed by atoms with Crippen LogP contribution in [0.3, 0.4) is 0 Å². The van der Waals surface area contributed by atoms with E-state index in [1.54, 1.807) is 36.0 Å². The SMILES string of the molecule is O=C(O)c1cc2cccnc2nc1-c1nccs1. The van der Waals surface area contributed by atoms with Gasteiger partial charge in [0.15, 0.2) is 5.65 Å². The molecule has 3 heterocycles. The van der Waals surface area contributed by atoms with Gasteiger partial charge >= 0.3 is 5.97 Å². The van der Waals surface area contributed by atoms with Crippen molar-refractivity contribution in [2.24, 2.45) is 0 Å². The molecule has 18 heavy (non-hydrogen) atoms. The molecule has 0 aliphatic rings. The molecule has 0 radical (unpaired) electrons. The summed E-state index contributed by atoms with van der Waals surface area (Å²) in [5.41, 5.74) is 1.03. The molecular weight excluding hydrogens is 250 g/mol. The molecule has 6 heteroatoms. The molecule has 0 aliphatic carbocycles. The molecule has 88 valence electrons. The molecule has 0 unspecified atom stereocenters. The monoisotopic (exact) mass is 257 g/mol. The molecule has 5 nitrogen and oxygen atoms in total. The maximum Gasteiger partial charge on any atom is 0.338 e. The molecule has 1 N–H and O–H groups in total. The van der Waals surface area contributed by atoms with Crippen LogP contribution in [0.2, 0.25) is 0 Å². The van der Waals surface area contributed by atoms with Gasteiger partial charge in [-0.05, 0) is 18.2 Å². The molecule has 3 rings (SSSR count). The Balaban J connectivity index is 2.34. The zero-order valence-corrected chi connectivity index (χ0v) is 9.89. The Kier molecular flexibility index (Phi) is 2.49. The van der Waals surface area contributed by atoms with Gasteiger partial charge in [-0.3, -0.25) is 0 Å². The van der Waals surface area contributed by atoms with Crippen molar-refractivity contribution in [3.63, 3.8) is 0 Å². The highest BCUT2D eigenvalue weighted by Gasteiger charge is 2.16. The first-order chi connectivity index (χ1) is 8.75. The lowest BCUT2D eigenvalue weighted by Gasteiger charge is -2.04. The van der Waals surface area contributed by atoms with E-state index in [0.717, 1.165) is 0 Å². The number of carboxylic acid groups (broad SMARTS) is 1. The molecule has 0 saturated carbocycles. The Hall–Kier alpha value is -2.34. The maximum atomic E-state index is 11.3. The van der Waals surface area contributed by atoms with Gasteiger partial charge in [-0.25, -0.2) is 19.7 Å². The van der Waals surface area contributed by atoms with Gasteiger partial charge in [-0.2, -0.15) is 0 Å². The summed E-state index contributed by atoms with van der Waals surface area (Å²) < 4.78 is 0. The molecule has 3 aromatic rings. The van der Waals surface area contributed by atoms with Crippen molar-refractivity contribution in [1.29, 1.82) is 0 Å². The van der Waals surface area contributed by atoms with E-state index in [1.807, 2.05) is 0 Å². The third-order valence-corrected chi connectivity index (χ3v) is 3.23. The standard InChI is InChI=1S/C12H7N3O2S/c16-12(17)8-6-7-2-1-3-13-10(7)15-9(8)11-14-4-5-18-11/h1-6H,(H,16,17). The number of carbonyl (C=O) groups is 1. The highest BCUT2D eigenvalue weighted by Crippen LogP contribution is 2.26. The zero-order chi connectivity index (χ0) is 12.5. The average molecular weight is 257 g/mol. The number of hydrogen-bond donors (Lipinski definition) is 1. The summed E-state index contributed by atoms with van der Waals surface area (Å²) in [6, 6.07) is 5.11. The highest BCUT2D eigenvalue weighted by atomic mass is 32.1. The summed E-state index contributed by atoms with van der Waals surface area (Å²) in [6.07, 6.45) is 3.25. The van der Waals surface area contributed by atoms with Crippen LogP contribution in [-0.4, -0.2) is 26.0 Å². The topological polar surface area (TPSA) is 76.0 Å². The van der Waals surface area contributed by atoms with Crippen molar-refractivity contribution >= 4 is 28.3 Å². The third kappa shape index (κ3) is 1.72. The summed E-state index contributed by atoms with van der Waals surface area (Å²) in [5.74, 6) is -1.02. The number of hydrogen-bond acceptors (Lipinski definition) is 5. The van der Waals surface area contributed by atoms with Crippen LogP contribution >= 0.6 is 11.3 Å². The highest BCUT2D eigenvalue weighted by molar-refractivity contribution is 7.13. The lowest BCUT2D eigenvalue weighted by atomic mass is 10.1. The first-order valence-corrected chi connectivity index (χ1v) is 6.02. The van der Waals surface area contributed by atoms with Crippen LogP contribution < -0.4 is 0 Å². The van der Waals surface area contributed by atoms with E-state index in [-0.39, 0.29) is 5.56 Å². The molecule has 0 aliphatic heterocycles. The van der Waals surface area contributed by atoms with Crippen LogP contribution in [0.1, 0.15) is 10.4 Å². The predicted octanol–water partition coefficient (Wildman–Crippen LogP) is 2.45. The average Bonchev–Trinajstić information content (AvgIpc) is 2.91. The van der Waals surface area contributed by atoms with E-state index < -0.39 is 5.97 Å². The van der Waals surface area contributed by atoms with Crippen LogP contribution in [0.25, 0.3) is 21.7 Å². The normalized spacial score (nSPS) is 10.7. The number of aromatic carboxylic acids is 1. The van der Waals surface area contributed by atoms with Gasteiger partial charge in [0.1, 0.15) is 10.7 Å². The van der Waals surface area contributed by atoms with Crippen molar-refractivity contribution in [1.82, 2.24) is 15.0 Å². The first-order valence-electron chi connectivity index (χ1n) is 5.14. The lowest BCUT2D eigenvalue weighted by Crippen LogP contribution is -2.02. The quantitative estimate of drug-likeness (QED) is 0.763. The van der Waals surface area contributed by atoms with Gasteiger partial charge in [-0.1, -0.05) is 0 Å². The van der Waals surface area contributed by atoms with E-state index in [1.165, 1.54) is 11.3 Å². The molecule has 0 amide bonds. The summed E-state index contributed by atoms with van der Waals surface area (Å²) in [5, 5.41) is 12.3. The molecule has 0 saturated heterocycles. The first kappa shape index (κ1) is 10.8. The van der Waals surface area contributed by atoms with E-state index in [9.17, 15) is 9.90 Å². The fraction of sp³-hybridized carbons (Fsp3) is 0. The van der Waals surface area contributed by atoms with Gasteiger partial charge in [-0.15, -0.1) is 11.3 Å². The number of thiazole rings is 1. The van der Waals surface area contributed by atoms with Crippen LogP contribution in [0.5, 0.6) is 0 Å². The van der Waals surface area contributed by atoms with Gasteiger partial charge in [0.05, 0.1) is 5.56 Å². The summed E-state index contributed by atoms with van der Waals surface area (Å²) in [7, 11) is 0. The molecule has 0 atom stereocenters. The van der Waals surface area contributed by atoms with Crippen LogP contribution in [0, 0.1) is 0 Å². The summed E-state index contributed by atoms with van der Waals surface area (Å²) >= 11 is 1.35. The lowest BCUT2D eigenvalue weighted by molar-refractivity contribution is 0.0697. The molecule has 0 aromatic carbocycles. The van der Waals surface area contributed by atoms with Crippen molar-refractivity contribution in [3.8, 4) is 10.7 Å². The second-order valence-electron chi connectivity index (χ2n) is 3.58. The predicted molar refractivity (Wildman–Crippen MR) is 67.6 cm³/mol. The van der Waals surface area contributed by atoms with Crippen molar-refractivity contribution in [2.75, 3.05) is 0 Å². The third-order valence-electron chi connectivity index (χ3n) is 2.45. The second-order valence-corrected chi connectivity index (χ2v) is 4.47. The number of pyridine rings is 2. The van der Waals surface area contributed by atoms with Crippen LogP contribution in [0.4, 0.5) is 0 Å². The van der Waals surface area contributed by atoms with Crippen molar-refractivity contribution < 1.29 is 9.90 Å². The fourth-order valence-electron chi connectivity index (χ4n) is 1.67. The molecule has 0 bridgehead atoms. The van der Waals surface area contributed by atoms with Gasteiger partial charge in [0.25, 0.3) is 0 Å². The van der Waals surface area contributed by atoms with E-state index >= 15 is 0 Å². The minimum atomic E-state index is -1.02. The van der Waals surface area contributed by atoms with Crippen molar-refractivity contribution in [2.45, 2.75) is 0 Å². The van der Waals surface area contributed by atoms with Crippen LogP contribution in [-0.2, 0) is 0 Å². The molecular formula is C12H7N3O2S. The Morgan fingerprint density at radius 2 is 2.17 bits per heavy atom. The minimum absolute atomic E-state index is 0.144.